The Kier molecular flexibility index (Phi) is 6.34. The fraction of sp³-hybridized carbons (Fsp3) is 0.250. The first kappa shape index (κ1) is 17.5. The maximum Gasteiger partial charge on any atom is 0.328 e. The first-order chi connectivity index (χ1) is 10.3. The Bertz CT molecular complexity index is 671. The number of aliphatic carboxylic acids is 2. The molecular weight excluding hydrogens is 284 g/mol. The topological polar surface area (TPSA) is 106 Å². The smallest absolute Gasteiger partial charge is 0.328 e. The highest BCUT2D eigenvalue weighted by molar-refractivity contribution is 5.89. The molecule has 1 aromatic carbocycles. The number of carbonyl (C=O) groups is 2. The Morgan fingerprint density at radius 2 is 1.82 bits per heavy atom. The molecule has 4 N–H and O–H groups in total. The third kappa shape index (κ3) is 5.80. The van der Waals surface area contributed by atoms with Gasteiger partial charge in [-0.25, -0.2) is 9.59 Å². The van der Waals surface area contributed by atoms with Crippen LogP contribution >= 0.6 is 0 Å². The van der Waals surface area contributed by atoms with E-state index in [-0.39, 0.29) is 6.04 Å². The lowest BCUT2D eigenvalue weighted by atomic mass is 10.2. The first-order valence-corrected chi connectivity index (χ1v) is 6.74. The minimum absolute atomic E-state index is 0.200. The number of hydrogen-bond acceptors (Lipinski definition) is 3. The number of carboxylic acids is 2. The molecule has 2 rings (SSSR count). The van der Waals surface area contributed by atoms with Crippen LogP contribution in [0.5, 0.6) is 0 Å². The summed E-state index contributed by atoms with van der Waals surface area (Å²) in [6.07, 6.45) is 3.22. The summed E-state index contributed by atoms with van der Waals surface area (Å²) in [5, 5.41) is 16.9. The third-order valence-corrected chi connectivity index (χ3v) is 2.78. The molecular formula is C16H20N2O4. The standard InChI is InChI=1S/C12H16N2.C4H4O4/c1-9-3-4-11-5-6-14(8-10(2)13)12(11)7-9;5-3(6)1-2-4(7)8/h3-7,10H,8,13H2,1-2H3;1-2H,(H,5,6)(H,7,8)/b;2-1+. The summed E-state index contributed by atoms with van der Waals surface area (Å²) >= 11 is 0. The molecule has 0 aliphatic heterocycles. The summed E-state index contributed by atoms with van der Waals surface area (Å²) in [5.41, 5.74) is 8.37. The minimum atomic E-state index is -1.26. The van der Waals surface area contributed by atoms with Crippen LogP contribution in [0.3, 0.4) is 0 Å². The van der Waals surface area contributed by atoms with E-state index in [1.165, 1.54) is 16.5 Å². The Labute approximate surface area is 128 Å². The van der Waals surface area contributed by atoms with E-state index in [1.54, 1.807) is 0 Å². The lowest BCUT2D eigenvalue weighted by Crippen LogP contribution is -2.21. The molecule has 6 nitrogen and oxygen atoms in total. The van der Waals surface area contributed by atoms with E-state index in [2.05, 4.69) is 42.0 Å². The van der Waals surface area contributed by atoms with Gasteiger partial charge in [0.05, 0.1) is 0 Å². The lowest BCUT2D eigenvalue weighted by Gasteiger charge is -2.08. The van der Waals surface area contributed by atoms with Crippen molar-refractivity contribution in [2.75, 3.05) is 0 Å². The van der Waals surface area contributed by atoms with Crippen LogP contribution in [0.1, 0.15) is 12.5 Å². The van der Waals surface area contributed by atoms with Crippen LogP contribution in [0, 0.1) is 6.92 Å². The number of carboxylic acid groups (broad SMARTS) is 2. The van der Waals surface area contributed by atoms with Gasteiger partial charge < -0.3 is 20.5 Å². The van der Waals surface area contributed by atoms with Gasteiger partial charge in [0.2, 0.25) is 0 Å². The third-order valence-electron chi connectivity index (χ3n) is 2.78. The molecule has 0 bridgehead atoms. The molecule has 0 aliphatic rings. The zero-order valence-corrected chi connectivity index (χ0v) is 12.6. The Morgan fingerprint density at radius 3 is 2.32 bits per heavy atom. The zero-order chi connectivity index (χ0) is 16.7. The van der Waals surface area contributed by atoms with Gasteiger partial charge in [-0.1, -0.05) is 12.1 Å². The van der Waals surface area contributed by atoms with Crippen LogP contribution in [0.25, 0.3) is 10.9 Å². The van der Waals surface area contributed by atoms with Gasteiger partial charge in [0.15, 0.2) is 0 Å². The summed E-state index contributed by atoms with van der Waals surface area (Å²) in [6.45, 7) is 5.03. The molecule has 0 saturated carbocycles. The van der Waals surface area contributed by atoms with Gasteiger partial charge in [-0.05, 0) is 36.9 Å². The number of benzene rings is 1. The number of nitrogens with zero attached hydrogens (tertiary/aromatic N) is 1. The molecule has 0 radical (unpaired) electrons. The molecule has 1 atom stereocenters. The van der Waals surface area contributed by atoms with Gasteiger partial charge in [0.1, 0.15) is 0 Å². The highest BCUT2D eigenvalue weighted by Crippen LogP contribution is 2.17. The van der Waals surface area contributed by atoms with Crippen molar-refractivity contribution >= 4 is 22.8 Å². The van der Waals surface area contributed by atoms with Crippen LogP contribution in [0.4, 0.5) is 0 Å². The molecule has 1 heterocycles. The molecule has 0 saturated heterocycles. The summed E-state index contributed by atoms with van der Waals surface area (Å²) in [4.78, 5) is 19.1. The predicted molar refractivity (Wildman–Crippen MR) is 84.7 cm³/mol. The van der Waals surface area contributed by atoms with E-state index in [4.69, 9.17) is 15.9 Å². The van der Waals surface area contributed by atoms with Crippen molar-refractivity contribution in [2.45, 2.75) is 26.4 Å². The van der Waals surface area contributed by atoms with E-state index >= 15 is 0 Å². The fourth-order valence-electron chi connectivity index (χ4n) is 1.91. The highest BCUT2D eigenvalue weighted by Gasteiger charge is 2.02. The summed E-state index contributed by atoms with van der Waals surface area (Å²) in [6, 6.07) is 8.83. The quantitative estimate of drug-likeness (QED) is 0.749. The average molecular weight is 304 g/mol. The first-order valence-electron chi connectivity index (χ1n) is 6.74. The molecule has 0 spiro atoms. The molecule has 0 amide bonds. The molecule has 0 fully saturated rings. The minimum Gasteiger partial charge on any atom is -0.478 e. The van der Waals surface area contributed by atoms with E-state index < -0.39 is 11.9 Å². The van der Waals surface area contributed by atoms with Crippen molar-refractivity contribution in [3.8, 4) is 0 Å². The van der Waals surface area contributed by atoms with Gasteiger partial charge in [0, 0.05) is 36.5 Å². The molecule has 2 aromatic rings. The fourth-order valence-corrected chi connectivity index (χ4v) is 1.91. The molecule has 0 aliphatic carbocycles. The SMILES string of the molecule is Cc1ccc2ccn(CC(C)N)c2c1.O=C(O)/C=C/C(=O)O. The normalized spacial score (nSPS) is 12.0. The van der Waals surface area contributed by atoms with E-state index in [0.717, 1.165) is 6.54 Å². The van der Waals surface area contributed by atoms with E-state index in [9.17, 15) is 9.59 Å². The number of hydrogen-bond donors (Lipinski definition) is 3. The molecule has 1 unspecified atom stereocenters. The largest absolute Gasteiger partial charge is 0.478 e. The maximum absolute atomic E-state index is 9.55. The van der Waals surface area contributed by atoms with Crippen molar-refractivity contribution < 1.29 is 19.8 Å². The van der Waals surface area contributed by atoms with Crippen LogP contribution < -0.4 is 5.73 Å². The van der Waals surface area contributed by atoms with Crippen LogP contribution in [-0.2, 0) is 16.1 Å². The molecule has 6 heteroatoms. The van der Waals surface area contributed by atoms with Gasteiger partial charge in [-0.2, -0.15) is 0 Å². The Balaban J connectivity index is 0.000000261. The number of fused-ring (bicyclic) bond motifs is 1. The van der Waals surface area contributed by atoms with Crippen molar-refractivity contribution in [2.24, 2.45) is 5.73 Å². The number of rotatable bonds is 4. The van der Waals surface area contributed by atoms with Crippen molar-refractivity contribution in [1.29, 1.82) is 0 Å². The summed E-state index contributed by atoms with van der Waals surface area (Å²) < 4.78 is 2.22. The van der Waals surface area contributed by atoms with Crippen LogP contribution in [0.2, 0.25) is 0 Å². The van der Waals surface area contributed by atoms with Gasteiger partial charge >= 0.3 is 11.9 Å². The lowest BCUT2D eigenvalue weighted by molar-refractivity contribution is -0.134. The van der Waals surface area contributed by atoms with Gasteiger partial charge in [-0.15, -0.1) is 0 Å². The number of nitrogens with two attached hydrogens (primary N) is 1. The molecule has 22 heavy (non-hydrogen) atoms. The Morgan fingerprint density at radius 1 is 1.23 bits per heavy atom. The van der Waals surface area contributed by atoms with Gasteiger partial charge in [-0.3, -0.25) is 0 Å². The number of aryl methyl sites for hydroxylation is 1. The monoisotopic (exact) mass is 304 g/mol. The van der Waals surface area contributed by atoms with Gasteiger partial charge in [0.25, 0.3) is 0 Å². The second kappa shape index (κ2) is 7.99. The molecule has 118 valence electrons. The average Bonchev–Trinajstić information content (AvgIpc) is 2.79. The highest BCUT2D eigenvalue weighted by atomic mass is 16.4. The van der Waals surface area contributed by atoms with Crippen molar-refractivity contribution in [1.82, 2.24) is 4.57 Å². The second-order valence-corrected chi connectivity index (χ2v) is 5.02. The summed E-state index contributed by atoms with van der Waals surface area (Å²) in [5.74, 6) is -2.51. The maximum atomic E-state index is 9.55. The van der Waals surface area contributed by atoms with Crippen LogP contribution in [-0.4, -0.2) is 32.8 Å². The molecule has 1 aromatic heterocycles. The zero-order valence-electron chi connectivity index (χ0n) is 12.6. The second-order valence-electron chi connectivity index (χ2n) is 5.02. The Hall–Kier alpha value is -2.60. The number of aromatic nitrogens is 1. The summed E-state index contributed by atoms with van der Waals surface area (Å²) in [7, 11) is 0. The predicted octanol–water partition coefficient (Wildman–Crippen LogP) is 2.01. The van der Waals surface area contributed by atoms with Crippen molar-refractivity contribution in [3.63, 3.8) is 0 Å². The van der Waals surface area contributed by atoms with Crippen molar-refractivity contribution in [3.05, 3.63) is 48.2 Å². The van der Waals surface area contributed by atoms with E-state index in [0.29, 0.717) is 12.2 Å². The van der Waals surface area contributed by atoms with Crippen LogP contribution in [0.15, 0.2) is 42.6 Å². The van der Waals surface area contributed by atoms with E-state index in [1.807, 2.05) is 6.92 Å².